The highest BCUT2D eigenvalue weighted by Crippen LogP contribution is 2.56. The molecular weight excluding hydrogens is 1660 g/mol. The maximum Gasteiger partial charge on any atom is 0.180 e. The Morgan fingerprint density at radius 2 is 0.646 bits per heavy atom. The van der Waals surface area contributed by atoms with Gasteiger partial charge in [0, 0.05) is 115 Å². The SMILES string of the molecule is CC1(C)c2ccccc2-c2ccc([Si]3(c4ccc(-c5ccc(N(c6ccccc6)c6ccc7c(c6)sc6ccccc67)cc5)cc4)c4ccccc4-c4c3ccc3c4Sc4ccccc4S3)cc21.c1ccc(N(c2ccccc2)c2ccc([Si]3(c4ccc5c(c4)c4ccccc4n5-c4ccccc4)c4ccccc4-c4c3ccc3c4Sc4ccccc4S3)cc2)cc1. The number of anilines is 6. The van der Waals surface area contributed by atoms with Gasteiger partial charge in [-0.25, -0.2) is 0 Å². The molecule has 4 aliphatic heterocycles. The van der Waals surface area contributed by atoms with E-state index in [0.29, 0.717) is 0 Å². The van der Waals surface area contributed by atoms with E-state index in [0.717, 1.165) is 34.1 Å². The molecule has 0 spiro atoms. The number of aromatic nitrogens is 1. The van der Waals surface area contributed by atoms with Crippen LogP contribution < -0.4 is 51.3 Å². The van der Waals surface area contributed by atoms with Crippen LogP contribution in [-0.4, -0.2) is 20.7 Å². The van der Waals surface area contributed by atoms with Crippen LogP contribution >= 0.6 is 58.4 Å². The zero-order chi connectivity index (χ0) is 84.1. The maximum absolute atomic E-state index is 2.92. The molecule has 21 aromatic rings. The van der Waals surface area contributed by atoms with E-state index in [-0.39, 0.29) is 5.41 Å². The molecule has 5 aliphatic rings. The maximum atomic E-state index is 2.62. The lowest BCUT2D eigenvalue weighted by atomic mass is 9.82. The van der Waals surface area contributed by atoms with Gasteiger partial charge >= 0.3 is 0 Å². The average molecular weight is 1740 g/mol. The largest absolute Gasteiger partial charge is 0.311 e. The molecule has 0 N–H and O–H groups in total. The zero-order valence-corrected chi connectivity index (χ0v) is 75.6. The van der Waals surface area contributed by atoms with Gasteiger partial charge in [-0.3, -0.25) is 0 Å². The normalized spacial score (nSPS) is 15.5. The predicted octanol–water partition coefficient (Wildman–Crippen LogP) is 27.7. The summed E-state index contributed by atoms with van der Waals surface area (Å²) < 4.78 is 5.05. The van der Waals surface area contributed by atoms with Crippen LogP contribution in [0, 0.1) is 0 Å². The summed E-state index contributed by atoms with van der Waals surface area (Å²) in [5.74, 6) is 0. The smallest absolute Gasteiger partial charge is 0.180 e. The Kier molecular flexibility index (Phi) is 18.3. The zero-order valence-electron chi connectivity index (χ0n) is 69.5. The first-order chi connectivity index (χ1) is 62.7. The molecule has 2 aromatic heterocycles. The number of benzene rings is 19. The third-order valence-corrected chi connectivity index (χ3v) is 43.0. The second kappa shape index (κ2) is 30.5. The van der Waals surface area contributed by atoms with Gasteiger partial charge in [-0.15, -0.1) is 11.3 Å². The number of hydrogen-bond acceptors (Lipinski definition) is 7. The van der Waals surface area contributed by atoms with Gasteiger partial charge in [0.25, 0.3) is 0 Å². The minimum atomic E-state index is -2.92. The van der Waals surface area contributed by atoms with E-state index >= 15 is 0 Å². The first-order valence-corrected chi connectivity index (χ1v) is 51.6. The van der Waals surface area contributed by atoms with Crippen molar-refractivity contribution >= 4 is 192 Å². The van der Waals surface area contributed by atoms with Crippen LogP contribution in [0.3, 0.4) is 0 Å². The van der Waals surface area contributed by atoms with Gasteiger partial charge in [0.05, 0.1) is 11.0 Å². The Morgan fingerprint density at radius 3 is 1.23 bits per heavy atom. The number of hydrogen-bond donors (Lipinski definition) is 0. The van der Waals surface area contributed by atoms with E-state index < -0.39 is 16.1 Å². The highest BCUT2D eigenvalue weighted by atomic mass is 32.2. The Bertz CT molecular complexity index is 7950. The van der Waals surface area contributed by atoms with Crippen molar-refractivity contribution in [2.45, 2.75) is 58.4 Å². The molecule has 0 amide bonds. The highest BCUT2D eigenvalue weighted by molar-refractivity contribution is 8.05. The van der Waals surface area contributed by atoms with Gasteiger partial charge in [-0.05, 0) is 237 Å². The van der Waals surface area contributed by atoms with E-state index in [1.807, 2.05) is 58.4 Å². The van der Waals surface area contributed by atoms with Gasteiger partial charge in [-0.2, -0.15) is 0 Å². The van der Waals surface area contributed by atoms with Crippen molar-refractivity contribution in [1.82, 2.24) is 4.57 Å². The molecular formula is C117H79N3S5Si2. The molecule has 19 aromatic carbocycles. The van der Waals surface area contributed by atoms with Gasteiger partial charge < -0.3 is 14.4 Å². The molecule has 0 saturated heterocycles. The topological polar surface area (TPSA) is 11.4 Å². The Morgan fingerprint density at radius 1 is 0.244 bits per heavy atom. The number of para-hydroxylation sites is 5. The van der Waals surface area contributed by atoms with Crippen LogP contribution in [0.1, 0.15) is 25.0 Å². The lowest BCUT2D eigenvalue weighted by molar-refractivity contribution is 0.661. The van der Waals surface area contributed by atoms with Crippen molar-refractivity contribution in [3.05, 3.63) is 454 Å². The average Bonchev–Trinajstić information content (AvgIpc) is 1.53. The van der Waals surface area contributed by atoms with Crippen LogP contribution in [0.15, 0.2) is 482 Å². The van der Waals surface area contributed by atoms with Gasteiger partial charge in [0.2, 0.25) is 0 Å². The fourth-order valence-electron chi connectivity index (χ4n) is 21.3. The van der Waals surface area contributed by atoms with E-state index in [2.05, 4.69) is 471 Å². The van der Waals surface area contributed by atoms with Crippen molar-refractivity contribution in [1.29, 1.82) is 0 Å². The lowest BCUT2D eigenvalue weighted by Crippen LogP contribution is -2.73. The molecule has 1 aliphatic carbocycles. The van der Waals surface area contributed by atoms with Crippen molar-refractivity contribution in [2.24, 2.45) is 0 Å². The quantitative estimate of drug-likeness (QED) is 0.112. The standard InChI is InChI=1S/C63H43NS3Si.C54H36N2S2Si/c1-63(2)52-19-9-6-16-47(52)48-35-33-46(39-53(48)63)68(59-23-13-8-18-51(59)61-60(68)37-36-57-62(61)67-56-22-12-11-21-55(56)66-57)45-31-26-41(27-32-45)40-24-28-43(29-25-40)64(42-14-4-3-5-15-42)44-30-34-50-49-17-7-10-20-54(49)65-58(50)38-44;1-4-16-37(17-5-1)55(38-18-6-2-7-19-38)40-28-30-41(31-29-40)59(42-32-33-47-45(36-42)43-22-10-12-24-46(43)56(47)39-20-8-3-9-21-39)51-27-15-11-23-44(51)53-52(59)35-34-50-54(53)58-49-26-14-13-25-48(49)57-50/h3-39H,1-2H3;1-36H. The fourth-order valence-corrected chi connectivity index (χ4v) is 37.8. The molecule has 0 fully saturated rings. The van der Waals surface area contributed by atoms with Crippen molar-refractivity contribution < 1.29 is 0 Å². The summed E-state index contributed by atoms with van der Waals surface area (Å²) in [6, 6.07) is 166. The molecule has 0 radical (unpaired) electrons. The number of fused-ring (bicyclic) bond motifs is 21. The first-order valence-electron chi connectivity index (χ1n) is 43.5. The molecule has 3 nitrogen and oxygen atoms in total. The summed E-state index contributed by atoms with van der Waals surface area (Å²) >= 11 is 9.58. The van der Waals surface area contributed by atoms with Crippen LogP contribution in [0.4, 0.5) is 34.1 Å². The van der Waals surface area contributed by atoms with Gasteiger partial charge in [0.15, 0.2) is 16.1 Å². The predicted molar refractivity (Wildman–Crippen MR) is 547 cm³/mol. The van der Waals surface area contributed by atoms with E-state index in [9.17, 15) is 0 Å². The summed E-state index contributed by atoms with van der Waals surface area (Å²) in [5.41, 5.74) is 23.9. The third kappa shape index (κ3) is 12.0. The Labute approximate surface area is 762 Å². The molecule has 2 unspecified atom stereocenters. The minimum absolute atomic E-state index is 0.109. The van der Waals surface area contributed by atoms with Crippen molar-refractivity contribution in [3.63, 3.8) is 0 Å². The molecule has 0 bridgehead atoms. The van der Waals surface area contributed by atoms with E-state index in [1.165, 1.54) is 184 Å². The summed E-state index contributed by atoms with van der Waals surface area (Å²) in [7, 11) is -5.79. The summed E-state index contributed by atoms with van der Waals surface area (Å²) in [5, 5.41) is 16.7. The Hall–Kier alpha value is -13.4. The third-order valence-electron chi connectivity index (χ3n) is 26.9. The van der Waals surface area contributed by atoms with Gasteiger partial charge in [0.1, 0.15) is 0 Å². The van der Waals surface area contributed by atoms with E-state index in [1.54, 1.807) is 0 Å². The Balaban J connectivity index is 0.000000140. The minimum Gasteiger partial charge on any atom is -0.311 e. The molecule has 2 atom stereocenters. The first kappa shape index (κ1) is 76.1. The monoisotopic (exact) mass is 1740 g/mol. The number of rotatable bonds is 12. The van der Waals surface area contributed by atoms with Crippen molar-refractivity contribution in [3.8, 4) is 50.2 Å². The molecule has 600 valence electrons. The van der Waals surface area contributed by atoms with Crippen LogP contribution in [0.2, 0.25) is 0 Å². The molecule has 0 saturated carbocycles. The molecule has 26 rings (SSSR count). The fraction of sp³-hybridized carbons (Fsp3) is 0.0256. The summed E-state index contributed by atoms with van der Waals surface area (Å²) in [6.07, 6.45) is 0. The van der Waals surface area contributed by atoms with E-state index in [4.69, 9.17) is 0 Å². The second-order valence-electron chi connectivity index (χ2n) is 34.0. The summed E-state index contributed by atoms with van der Waals surface area (Å²) in [4.78, 5) is 15.5. The highest BCUT2D eigenvalue weighted by Gasteiger charge is 2.53. The van der Waals surface area contributed by atoms with Crippen LogP contribution in [-0.2, 0) is 5.41 Å². The van der Waals surface area contributed by atoms with Crippen molar-refractivity contribution in [2.75, 3.05) is 9.80 Å². The number of nitrogens with zero attached hydrogens (tertiary/aromatic N) is 3. The van der Waals surface area contributed by atoms with Gasteiger partial charge in [-0.1, -0.05) is 364 Å². The summed E-state index contributed by atoms with van der Waals surface area (Å²) in [6.45, 7) is 4.83. The van der Waals surface area contributed by atoms with Crippen LogP contribution in [0.5, 0.6) is 0 Å². The molecule has 10 heteroatoms. The molecule has 127 heavy (non-hydrogen) atoms. The van der Waals surface area contributed by atoms with Crippen LogP contribution in [0.25, 0.3) is 92.2 Å². The molecule has 6 heterocycles. The second-order valence-corrected chi connectivity index (χ2v) is 46.8. The lowest BCUT2D eigenvalue weighted by Gasteiger charge is -2.33. The number of thiophene rings is 1.